The van der Waals surface area contributed by atoms with Crippen LogP contribution in [0.15, 0.2) is 52.3 Å². The number of Topliss-reactive ketones (excluding diaryl/α,β-unsaturated/α-hetero) is 1. The fourth-order valence-corrected chi connectivity index (χ4v) is 2.92. The smallest absolute Gasteiger partial charge is 0.159 e. The van der Waals surface area contributed by atoms with Gasteiger partial charge in [0.15, 0.2) is 5.78 Å². The molecule has 0 amide bonds. The first kappa shape index (κ1) is 12.9. The summed E-state index contributed by atoms with van der Waals surface area (Å²) in [5.41, 5.74) is 3.32. The Morgan fingerprint density at radius 1 is 0.889 bits per heavy atom. The molecule has 0 bridgehead atoms. The first-order valence-electron chi connectivity index (χ1n) is 5.92. The molecule has 0 unspecified atom stereocenters. The molecular formula is C16H16OS. The molecule has 2 aromatic carbocycles. The summed E-state index contributed by atoms with van der Waals surface area (Å²) in [4.78, 5) is 13.6. The number of rotatable bonds is 3. The van der Waals surface area contributed by atoms with Gasteiger partial charge in [0.05, 0.1) is 0 Å². The lowest BCUT2D eigenvalue weighted by Gasteiger charge is -2.05. The molecule has 0 aliphatic rings. The van der Waals surface area contributed by atoms with Crippen molar-refractivity contribution in [1.82, 2.24) is 0 Å². The lowest BCUT2D eigenvalue weighted by molar-refractivity contribution is 0.101. The summed E-state index contributed by atoms with van der Waals surface area (Å²) in [5, 5.41) is 0. The average molecular weight is 256 g/mol. The predicted octanol–water partition coefficient (Wildman–Crippen LogP) is 4.66. The van der Waals surface area contributed by atoms with E-state index in [1.165, 1.54) is 16.0 Å². The highest BCUT2D eigenvalue weighted by molar-refractivity contribution is 7.99. The van der Waals surface area contributed by atoms with Gasteiger partial charge in [-0.25, -0.2) is 0 Å². The monoisotopic (exact) mass is 256 g/mol. The summed E-state index contributed by atoms with van der Waals surface area (Å²) in [6, 6.07) is 14.3. The molecule has 0 heterocycles. The van der Waals surface area contributed by atoms with Gasteiger partial charge >= 0.3 is 0 Å². The number of hydrogen-bond acceptors (Lipinski definition) is 2. The average Bonchev–Trinajstić information content (AvgIpc) is 2.28. The minimum Gasteiger partial charge on any atom is -0.295 e. The molecule has 0 aromatic heterocycles. The van der Waals surface area contributed by atoms with Crippen LogP contribution < -0.4 is 0 Å². The number of carbonyl (C=O) groups excluding carboxylic acids is 1. The van der Waals surface area contributed by atoms with Gasteiger partial charge in [-0.3, -0.25) is 4.79 Å². The lowest BCUT2D eigenvalue weighted by Crippen LogP contribution is -1.90. The van der Waals surface area contributed by atoms with Gasteiger partial charge < -0.3 is 0 Å². The maximum atomic E-state index is 11.2. The van der Waals surface area contributed by atoms with E-state index in [4.69, 9.17) is 0 Å². The van der Waals surface area contributed by atoms with E-state index in [1.54, 1.807) is 18.7 Å². The Bertz CT molecular complexity index is 550. The van der Waals surface area contributed by atoms with E-state index in [0.717, 1.165) is 10.5 Å². The van der Waals surface area contributed by atoms with Crippen LogP contribution in [0.3, 0.4) is 0 Å². The Kier molecular flexibility index (Phi) is 3.87. The molecule has 0 fully saturated rings. The Labute approximate surface area is 112 Å². The Morgan fingerprint density at radius 3 is 1.94 bits per heavy atom. The molecule has 0 spiro atoms. The second kappa shape index (κ2) is 5.40. The number of hydrogen-bond donors (Lipinski definition) is 0. The summed E-state index contributed by atoms with van der Waals surface area (Å²) < 4.78 is 0. The molecule has 0 N–H and O–H groups in total. The highest BCUT2D eigenvalue weighted by atomic mass is 32.2. The minimum atomic E-state index is 0.109. The predicted molar refractivity (Wildman–Crippen MR) is 76.5 cm³/mol. The Balaban J connectivity index is 2.20. The van der Waals surface area contributed by atoms with Crippen molar-refractivity contribution in [2.45, 2.75) is 30.6 Å². The van der Waals surface area contributed by atoms with Crippen LogP contribution in [0.2, 0.25) is 0 Å². The number of benzene rings is 2. The van der Waals surface area contributed by atoms with Crippen molar-refractivity contribution in [2.24, 2.45) is 0 Å². The van der Waals surface area contributed by atoms with Crippen LogP contribution in [0.1, 0.15) is 28.4 Å². The van der Waals surface area contributed by atoms with E-state index in [-0.39, 0.29) is 5.78 Å². The van der Waals surface area contributed by atoms with Crippen LogP contribution in [0, 0.1) is 13.8 Å². The molecule has 18 heavy (non-hydrogen) atoms. The molecule has 0 saturated carbocycles. The zero-order valence-corrected chi connectivity index (χ0v) is 11.7. The highest BCUT2D eigenvalue weighted by Gasteiger charge is 2.02. The fourth-order valence-electron chi connectivity index (χ4n) is 1.89. The highest BCUT2D eigenvalue weighted by Crippen LogP contribution is 2.29. The zero-order chi connectivity index (χ0) is 13.1. The van der Waals surface area contributed by atoms with Gasteiger partial charge in [-0.05, 0) is 56.2 Å². The van der Waals surface area contributed by atoms with Gasteiger partial charge in [0, 0.05) is 15.4 Å². The summed E-state index contributed by atoms with van der Waals surface area (Å²) in [6.45, 7) is 5.80. The van der Waals surface area contributed by atoms with E-state index in [9.17, 15) is 4.79 Å². The van der Waals surface area contributed by atoms with E-state index >= 15 is 0 Å². The molecule has 1 nitrogen and oxygen atoms in total. The molecule has 2 heteroatoms. The first-order valence-corrected chi connectivity index (χ1v) is 6.73. The van der Waals surface area contributed by atoms with Crippen LogP contribution in [0.25, 0.3) is 0 Å². The van der Waals surface area contributed by atoms with Crippen LogP contribution in [-0.4, -0.2) is 5.78 Å². The summed E-state index contributed by atoms with van der Waals surface area (Å²) in [7, 11) is 0. The van der Waals surface area contributed by atoms with Gasteiger partial charge in [-0.1, -0.05) is 30.0 Å². The number of carbonyl (C=O) groups is 1. The molecule has 2 aromatic rings. The van der Waals surface area contributed by atoms with Crippen molar-refractivity contribution in [2.75, 3.05) is 0 Å². The Hall–Kier alpha value is -1.54. The summed E-state index contributed by atoms with van der Waals surface area (Å²) >= 11 is 1.73. The molecule has 0 saturated heterocycles. The van der Waals surface area contributed by atoms with Crippen LogP contribution in [0.4, 0.5) is 0 Å². The van der Waals surface area contributed by atoms with Crippen molar-refractivity contribution >= 4 is 17.5 Å². The molecule has 0 radical (unpaired) electrons. The lowest BCUT2D eigenvalue weighted by atomic mass is 10.2. The largest absolute Gasteiger partial charge is 0.295 e. The number of ketones is 1. The van der Waals surface area contributed by atoms with Crippen LogP contribution in [-0.2, 0) is 0 Å². The van der Waals surface area contributed by atoms with Crippen molar-refractivity contribution in [3.63, 3.8) is 0 Å². The van der Waals surface area contributed by atoms with E-state index in [0.29, 0.717) is 0 Å². The second-order valence-corrected chi connectivity index (χ2v) is 5.65. The van der Waals surface area contributed by atoms with Crippen molar-refractivity contribution in [3.05, 3.63) is 59.2 Å². The van der Waals surface area contributed by atoms with Crippen molar-refractivity contribution < 1.29 is 4.79 Å². The maximum absolute atomic E-state index is 11.2. The van der Waals surface area contributed by atoms with Crippen molar-refractivity contribution in [3.8, 4) is 0 Å². The molecule has 0 aliphatic carbocycles. The first-order chi connectivity index (χ1) is 8.54. The molecule has 92 valence electrons. The molecule has 0 atom stereocenters. The van der Waals surface area contributed by atoms with Gasteiger partial charge in [-0.2, -0.15) is 0 Å². The third-order valence-corrected chi connectivity index (χ3v) is 3.67. The van der Waals surface area contributed by atoms with Crippen molar-refractivity contribution in [1.29, 1.82) is 0 Å². The third-order valence-electron chi connectivity index (χ3n) is 2.69. The zero-order valence-electron chi connectivity index (χ0n) is 10.9. The topological polar surface area (TPSA) is 17.1 Å². The quantitative estimate of drug-likeness (QED) is 0.743. The van der Waals surface area contributed by atoms with Gasteiger partial charge in [0.25, 0.3) is 0 Å². The maximum Gasteiger partial charge on any atom is 0.159 e. The third kappa shape index (κ3) is 3.23. The van der Waals surface area contributed by atoms with Crippen LogP contribution in [0.5, 0.6) is 0 Å². The van der Waals surface area contributed by atoms with Crippen LogP contribution >= 0.6 is 11.8 Å². The van der Waals surface area contributed by atoms with Gasteiger partial charge in [-0.15, -0.1) is 0 Å². The summed E-state index contributed by atoms with van der Waals surface area (Å²) in [6.07, 6.45) is 0. The fraction of sp³-hybridized carbons (Fsp3) is 0.188. The van der Waals surface area contributed by atoms with E-state index in [2.05, 4.69) is 32.0 Å². The summed E-state index contributed by atoms with van der Waals surface area (Å²) in [5.74, 6) is 0.109. The van der Waals surface area contributed by atoms with E-state index in [1.807, 2.05) is 24.3 Å². The molecule has 0 aliphatic heterocycles. The normalized spacial score (nSPS) is 10.4. The second-order valence-electron chi connectivity index (χ2n) is 4.51. The van der Waals surface area contributed by atoms with E-state index < -0.39 is 0 Å². The standard InChI is InChI=1S/C16H16OS/c1-11-8-12(2)10-16(9-11)18-15-6-4-14(5-7-15)13(3)17/h4-10H,1-3H3. The molecular weight excluding hydrogens is 240 g/mol. The molecule has 2 rings (SSSR count). The Morgan fingerprint density at radius 2 is 1.44 bits per heavy atom. The van der Waals surface area contributed by atoms with Gasteiger partial charge in [0.1, 0.15) is 0 Å². The SMILES string of the molecule is CC(=O)c1ccc(Sc2cc(C)cc(C)c2)cc1. The minimum absolute atomic E-state index is 0.109. The van der Waals surface area contributed by atoms with Gasteiger partial charge in [0.2, 0.25) is 0 Å². The number of aryl methyl sites for hydroxylation is 2.